The summed E-state index contributed by atoms with van der Waals surface area (Å²) in [7, 11) is 0. The third-order valence-corrected chi connectivity index (χ3v) is 8.08. The van der Waals surface area contributed by atoms with Crippen LogP contribution in [0.1, 0.15) is 54.7 Å². The van der Waals surface area contributed by atoms with Gasteiger partial charge in [0, 0.05) is 55.3 Å². The second kappa shape index (κ2) is 13.3. The van der Waals surface area contributed by atoms with Crippen molar-refractivity contribution >= 4 is 50.3 Å². The minimum atomic E-state index is -0.182. The average Bonchev–Trinajstić information content (AvgIpc) is 3.35. The zero-order valence-corrected chi connectivity index (χ0v) is 24.5. The molecule has 2 amide bonds. The SMILES string of the molecule is CCCOCC1N=CC(c2ccc3nc(NC(=O)[C@H]4C[C@@H](N[C@@H](C)CNC(=O)c5cc(C)ccn5)C4)sc3c2)=CN1. The number of aryl methyl sites for hydroxylation is 1. The second-order valence-corrected chi connectivity index (χ2v) is 11.7. The molecular weight excluding hydrogens is 538 g/mol. The fourth-order valence-electron chi connectivity index (χ4n) is 4.82. The maximum Gasteiger partial charge on any atom is 0.269 e. The molecule has 0 radical (unpaired) electrons. The van der Waals surface area contributed by atoms with E-state index in [9.17, 15) is 9.59 Å². The molecule has 1 saturated carbocycles. The number of nitrogens with one attached hydrogen (secondary N) is 4. The number of rotatable bonds is 12. The summed E-state index contributed by atoms with van der Waals surface area (Å²) in [6.07, 6.45) is 7.91. The first-order valence-corrected chi connectivity index (χ1v) is 15.0. The van der Waals surface area contributed by atoms with Crippen LogP contribution in [0.4, 0.5) is 5.13 Å². The van der Waals surface area contributed by atoms with Crippen LogP contribution in [0.15, 0.2) is 47.7 Å². The molecule has 216 valence electrons. The van der Waals surface area contributed by atoms with E-state index in [2.05, 4.69) is 49.2 Å². The van der Waals surface area contributed by atoms with Crippen molar-refractivity contribution in [3.8, 4) is 0 Å². The van der Waals surface area contributed by atoms with E-state index in [4.69, 9.17) is 4.74 Å². The molecule has 1 aromatic carbocycles. The first-order chi connectivity index (χ1) is 19.9. The van der Waals surface area contributed by atoms with Gasteiger partial charge < -0.3 is 26.0 Å². The number of nitrogens with zero attached hydrogens (tertiary/aromatic N) is 3. The number of benzene rings is 1. The van der Waals surface area contributed by atoms with Crippen LogP contribution in [0.3, 0.4) is 0 Å². The molecule has 0 saturated heterocycles. The Hall–Kier alpha value is -3.67. The van der Waals surface area contributed by atoms with Crippen molar-refractivity contribution < 1.29 is 14.3 Å². The number of carbonyl (C=O) groups is 2. The number of carbonyl (C=O) groups excluding carboxylic acids is 2. The Bertz CT molecular complexity index is 1450. The number of hydrogen-bond donors (Lipinski definition) is 4. The van der Waals surface area contributed by atoms with Gasteiger partial charge >= 0.3 is 0 Å². The number of fused-ring (bicyclic) bond motifs is 1. The predicted molar refractivity (Wildman–Crippen MR) is 163 cm³/mol. The van der Waals surface area contributed by atoms with Crippen molar-refractivity contribution in [3.05, 3.63) is 59.5 Å². The molecule has 10 nitrogen and oxygen atoms in total. The van der Waals surface area contributed by atoms with Crippen molar-refractivity contribution in [3.63, 3.8) is 0 Å². The van der Waals surface area contributed by atoms with Gasteiger partial charge in [-0.2, -0.15) is 0 Å². The summed E-state index contributed by atoms with van der Waals surface area (Å²) in [5.74, 6) is -0.244. The molecule has 1 fully saturated rings. The van der Waals surface area contributed by atoms with Crippen molar-refractivity contribution in [1.29, 1.82) is 0 Å². The van der Waals surface area contributed by atoms with E-state index in [-0.39, 0.29) is 36.0 Å². The molecule has 5 rings (SSSR count). The molecule has 3 aromatic rings. The highest BCUT2D eigenvalue weighted by atomic mass is 32.1. The number of anilines is 1. The van der Waals surface area contributed by atoms with E-state index in [1.807, 2.05) is 44.5 Å². The highest BCUT2D eigenvalue weighted by Crippen LogP contribution is 2.32. The molecule has 3 heterocycles. The largest absolute Gasteiger partial charge is 0.377 e. The first kappa shape index (κ1) is 28.8. The highest BCUT2D eigenvalue weighted by Gasteiger charge is 2.35. The van der Waals surface area contributed by atoms with Crippen LogP contribution < -0.4 is 21.3 Å². The first-order valence-electron chi connectivity index (χ1n) is 14.1. The van der Waals surface area contributed by atoms with Gasteiger partial charge in [0.25, 0.3) is 5.91 Å². The summed E-state index contributed by atoms with van der Waals surface area (Å²) in [5, 5.41) is 13.3. The lowest BCUT2D eigenvalue weighted by Crippen LogP contribution is -2.51. The third-order valence-electron chi connectivity index (χ3n) is 7.15. The van der Waals surface area contributed by atoms with Crippen LogP contribution in [0.5, 0.6) is 0 Å². The Morgan fingerprint density at radius 3 is 2.83 bits per heavy atom. The standard InChI is InChI=1S/C30H37N7O3S/c1-4-9-40-17-27-32-15-22(16-33-27)20-5-6-24-26(13-20)41-30(36-24)37-28(38)21-11-23(12-21)35-19(3)14-34-29(39)25-10-18(2)7-8-31-25/h5-8,10,13,15-16,19,21,23,27,32,35H,4,9,11-12,14,17H2,1-3H3,(H,34,39)(H,36,37,38)/t19-,21-,23+,27?/m0/s1. The number of aromatic nitrogens is 2. The summed E-state index contributed by atoms with van der Waals surface area (Å²) in [5.41, 5.74) is 4.30. The maximum atomic E-state index is 12.9. The minimum absolute atomic E-state index is 0.00327. The lowest BCUT2D eigenvalue weighted by Gasteiger charge is -2.36. The predicted octanol–water partition coefficient (Wildman–Crippen LogP) is 3.89. The van der Waals surface area contributed by atoms with E-state index in [0.29, 0.717) is 24.0 Å². The van der Waals surface area contributed by atoms with Crippen LogP contribution >= 0.6 is 11.3 Å². The van der Waals surface area contributed by atoms with Crippen LogP contribution in [-0.4, -0.2) is 66.0 Å². The van der Waals surface area contributed by atoms with Gasteiger partial charge in [-0.25, -0.2) is 4.98 Å². The van der Waals surface area contributed by atoms with Gasteiger partial charge in [0.05, 0.1) is 16.8 Å². The van der Waals surface area contributed by atoms with Gasteiger partial charge in [0.15, 0.2) is 5.13 Å². The van der Waals surface area contributed by atoms with Gasteiger partial charge in [0.1, 0.15) is 11.9 Å². The molecular formula is C30H37N7O3S. The number of pyridine rings is 1. The molecule has 1 aliphatic carbocycles. The Morgan fingerprint density at radius 1 is 1.22 bits per heavy atom. The zero-order valence-electron chi connectivity index (χ0n) is 23.6. The maximum absolute atomic E-state index is 12.9. The van der Waals surface area contributed by atoms with E-state index < -0.39 is 0 Å². The molecule has 1 aliphatic heterocycles. The number of hydrogen-bond acceptors (Lipinski definition) is 9. The third kappa shape index (κ3) is 7.55. The minimum Gasteiger partial charge on any atom is -0.377 e. The van der Waals surface area contributed by atoms with Crippen molar-refractivity contribution in [2.75, 3.05) is 25.1 Å². The van der Waals surface area contributed by atoms with Crippen molar-refractivity contribution in [2.45, 2.75) is 58.3 Å². The molecule has 41 heavy (non-hydrogen) atoms. The normalized spacial score (nSPS) is 20.6. The van der Waals surface area contributed by atoms with E-state index in [1.165, 1.54) is 11.3 Å². The fraction of sp³-hybridized carbons (Fsp3) is 0.433. The smallest absolute Gasteiger partial charge is 0.269 e. The molecule has 2 aliphatic rings. The van der Waals surface area contributed by atoms with E-state index >= 15 is 0 Å². The quantitative estimate of drug-likeness (QED) is 0.241. The number of ether oxygens (including phenoxy) is 1. The molecule has 1 unspecified atom stereocenters. The van der Waals surface area contributed by atoms with E-state index in [0.717, 1.165) is 52.8 Å². The second-order valence-electron chi connectivity index (χ2n) is 10.7. The highest BCUT2D eigenvalue weighted by molar-refractivity contribution is 7.22. The van der Waals surface area contributed by atoms with E-state index in [1.54, 1.807) is 12.3 Å². The Kier molecular flexibility index (Phi) is 9.38. The van der Waals surface area contributed by atoms with Gasteiger partial charge in [-0.05, 0) is 68.5 Å². The molecule has 4 N–H and O–H groups in total. The summed E-state index contributed by atoms with van der Waals surface area (Å²) in [6, 6.07) is 10.0. The number of aliphatic imine (C=N–C) groups is 1. The summed E-state index contributed by atoms with van der Waals surface area (Å²) < 4.78 is 6.58. The number of amides is 2. The summed E-state index contributed by atoms with van der Waals surface area (Å²) in [6.45, 7) is 7.81. The molecule has 0 spiro atoms. The molecule has 0 bridgehead atoms. The van der Waals surface area contributed by atoms with Crippen LogP contribution in [0.2, 0.25) is 0 Å². The average molecular weight is 576 g/mol. The van der Waals surface area contributed by atoms with Gasteiger partial charge in [-0.15, -0.1) is 0 Å². The zero-order chi connectivity index (χ0) is 28.8. The fourth-order valence-corrected chi connectivity index (χ4v) is 5.72. The summed E-state index contributed by atoms with van der Waals surface area (Å²) in [4.78, 5) is 38.5. The van der Waals surface area contributed by atoms with Crippen LogP contribution in [0, 0.1) is 12.8 Å². The van der Waals surface area contributed by atoms with Crippen LogP contribution in [-0.2, 0) is 9.53 Å². The van der Waals surface area contributed by atoms with Crippen molar-refractivity contribution in [2.24, 2.45) is 10.9 Å². The molecule has 2 aromatic heterocycles. The molecule has 2 atom stereocenters. The van der Waals surface area contributed by atoms with Gasteiger partial charge in [0.2, 0.25) is 5.91 Å². The van der Waals surface area contributed by atoms with Crippen molar-refractivity contribution in [1.82, 2.24) is 25.9 Å². The molecule has 11 heteroatoms. The number of thiazole rings is 1. The van der Waals surface area contributed by atoms with Gasteiger partial charge in [-0.1, -0.05) is 24.3 Å². The Morgan fingerprint density at radius 2 is 2.07 bits per heavy atom. The number of allylic oxidation sites excluding steroid dienone is 1. The lowest BCUT2D eigenvalue weighted by molar-refractivity contribution is -0.123. The van der Waals surface area contributed by atoms with Crippen LogP contribution in [0.25, 0.3) is 15.8 Å². The lowest BCUT2D eigenvalue weighted by atomic mass is 9.79. The summed E-state index contributed by atoms with van der Waals surface area (Å²) >= 11 is 1.47. The Labute approximate surface area is 244 Å². The topological polar surface area (TPSA) is 130 Å². The van der Waals surface area contributed by atoms with Gasteiger partial charge in [-0.3, -0.25) is 19.6 Å². The monoisotopic (exact) mass is 575 g/mol. The Balaban J connectivity index is 1.06.